The second-order valence-electron chi connectivity index (χ2n) is 2.41. The molecule has 0 fully saturated rings. The lowest BCUT2D eigenvalue weighted by atomic mass is 10.4. The Hall–Kier alpha value is -1.10. The minimum Gasteiger partial charge on any atom is -0.480 e. The van der Waals surface area contributed by atoms with Crippen LogP contribution in [0, 0.1) is 0 Å². The highest BCUT2D eigenvalue weighted by atomic mass is 16.4. The van der Waals surface area contributed by atoms with Gasteiger partial charge >= 0.3 is 5.97 Å². The molecule has 0 aromatic heterocycles. The average Bonchev–Trinajstić information content (AvgIpc) is 2.01. The monoisotopic (exact) mass is 174 g/mol. The Labute approximate surface area is 71.1 Å². The van der Waals surface area contributed by atoms with Crippen LogP contribution >= 0.6 is 0 Å². The van der Waals surface area contributed by atoms with Crippen LogP contribution in [0.15, 0.2) is 0 Å². The molecule has 0 unspecified atom stereocenters. The fourth-order valence-corrected chi connectivity index (χ4v) is 0.854. The molecule has 0 spiro atoms. The van der Waals surface area contributed by atoms with Crippen LogP contribution in [0.3, 0.4) is 0 Å². The van der Waals surface area contributed by atoms with E-state index in [4.69, 9.17) is 10.8 Å². The molecule has 0 rings (SSSR count). The molecule has 5 nitrogen and oxygen atoms in total. The predicted molar refractivity (Wildman–Crippen MR) is 43.6 cm³/mol. The molecule has 5 heteroatoms. The fourth-order valence-electron chi connectivity index (χ4n) is 0.854. The Bertz CT molecular complexity index is 170. The Morgan fingerprint density at radius 3 is 2.42 bits per heavy atom. The molecular weight excluding hydrogens is 160 g/mol. The number of carboxylic acid groups (broad SMARTS) is 1. The molecule has 0 bridgehead atoms. The maximum atomic E-state index is 11.0. The molecule has 0 aliphatic carbocycles. The molecule has 0 aliphatic rings. The van der Waals surface area contributed by atoms with E-state index in [1.165, 1.54) is 4.90 Å². The van der Waals surface area contributed by atoms with E-state index in [1.54, 1.807) is 0 Å². The van der Waals surface area contributed by atoms with Crippen LogP contribution < -0.4 is 5.73 Å². The summed E-state index contributed by atoms with van der Waals surface area (Å²) >= 11 is 0. The normalized spacial score (nSPS) is 9.50. The summed E-state index contributed by atoms with van der Waals surface area (Å²) in [6.45, 7) is 1.93. The van der Waals surface area contributed by atoms with Crippen LogP contribution in [0.1, 0.15) is 13.3 Å². The van der Waals surface area contributed by atoms with Crippen molar-refractivity contribution < 1.29 is 14.7 Å². The summed E-state index contributed by atoms with van der Waals surface area (Å²) in [5, 5.41) is 8.42. The molecule has 1 amide bonds. The third-order valence-corrected chi connectivity index (χ3v) is 1.35. The maximum absolute atomic E-state index is 11.0. The fraction of sp³-hybridized carbons (Fsp3) is 0.714. The van der Waals surface area contributed by atoms with Crippen molar-refractivity contribution in [1.82, 2.24) is 4.90 Å². The van der Waals surface area contributed by atoms with Gasteiger partial charge < -0.3 is 15.7 Å². The van der Waals surface area contributed by atoms with Gasteiger partial charge in [-0.05, 0) is 6.42 Å². The van der Waals surface area contributed by atoms with Gasteiger partial charge in [-0.3, -0.25) is 9.59 Å². The number of carboxylic acids is 1. The molecule has 12 heavy (non-hydrogen) atoms. The summed E-state index contributed by atoms with van der Waals surface area (Å²) in [4.78, 5) is 22.5. The largest absolute Gasteiger partial charge is 0.480 e. The summed E-state index contributed by atoms with van der Waals surface area (Å²) < 4.78 is 0. The van der Waals surface area contributed by atoms with Gasteiger partial charge in [0.1, 0.15) is 6.54 Å². The zero-order chi connectivity index (χ0) is 9.56. The van der Waals surface area contributed by atoms with Gasteiger partial charge in [0.2, 0.25) is 5.91 Å². The van der Waals surface area contributed by atoms with Crippen LogP contribution in [0.4, 0.5) is 0 Å². The van der Waals surface area contributed by atoms with Crippen LogP contribution in [-0.4, -0.2) is 41.5 Å². The number of rotatable bonds is 5. The van der Waals surface area contributed by atoms with E-state index >= 15 is 0 Å². The van der Waals surface area contributed by atoms with Gasteiger partial charge in [0.25, 0.3) is 0 Å². The van der Waals surface area contributed by atoms with Gasteiger partial charge in [0.15, 0.2) is 0 Å². The first-order valence-corrected chi connectivity index (χ1v) is 3.81. The van der Waals surface area contributed by atoms with E-state index in [1.807, 2.05) is 6.92 Å². The SMILES string of the molecule is CCCN(CC(=O)O)C(=O)CN. The minimum absolute atomic E-state index is 0.132. The second-order valence-corrected chi connectivity index (χ2v) is 2.41. The van der Waals surface area contributed by atoms with Crippen LogP contribution in [-0.2, 0) is 9.59 Å². The van der Waals surface area contributed by atoms with Crippen molar-refractivity contribution >= 4 is 11.9 Å². The van der Waals surface area contributed by atoms with Crippen molar-refractivity contribution in [1.29, 1.82) is 0 Å². The number of hydrogen-bond acceptors (Lipinski definition) is 3. The molecule has 0 aliphatic heterocycles. The maximum Gasteiger partial charge on any atom is 0.323 e. The van der Waals surface area contributed by atoms with Crippen molar-refractivity contribution in [2.24, 2.45) is 5.73 Å². The standard InChI is InChI=1S/C7H14N2O3/c1-2-3-9(5-7(11)12)6(10)4-8/h2-5,8H2,1H3,(H,11,12). The van der Waals surface area contributed by atoms with Gasteiger partial charge in [-0.2, -0.15) is 0 Å². The number of nitrogens with zero attached hydrogens (tertiary/aromatic N) is 1. The topological polar surface area (TPSA) is 83.6 Å². The van der Waals surface area contributed by atoms with Crippen molar-refractivity contribution in [3.63, 3.8) is 0 Å². The lowest BCUT2D eigenvalue weighted by Crippen LogP contribution is -2.39. The molecule has 0 saturated carbocycles. The van der Waals surface area contributed by atoms with Gasteiger partial charge in [-0.15, -0.1) is 0 Å². The zero-order valence-corrected chi connectivity index (χ0v) is 7.12. The number of carbonyl (C=O) groups is 2. The number of hydrogen-bond donors (Lipinski definition) is 2. The summed E-state index contributed by atoms with van der Waals surface area (Å²) in [5.41, 5.74) is 5.09. The number of aliphatic carboxylic acids is 1. The molecule has 0 atom stereocenters. The van der Waals surface area contributed by atoms with Crippen LogP contribution in [0.2, 0.25) is 0 Å². The van der Waals surface area contributed by atoms with Gasteiger partial charge in [0.05, 0.1) is 6.54 Å². The minimum atomic E-state index is -1.01. The summed E-state index contributed by atoms with van der Waals surface area (Å²) in [6, 6.07) is 0. The first-order valence-electron chi connectivity index (χ1n) is 3.81. The quantitative estimate of drug-likeness (QED) is 0.575. The summed E-state index contributed by atoms with van der Waals surface area (Å²) in [7, 11) is 0. The summed E-state index contributed by atoms with van der Waals surface area (Å²) in [6.07, 6.45) is 0.735. The first-order chi connectivity index (χ1) is 5.61. The Balaban J connectivity index is 4.02. The van der Waals surface area contributed by atoms with Crippen molar-refractivity contribution in [3.8, 4) is 0 Å². The van der Waals surface area contributed by atoms with Gasteiger partial charge in [-0.25, -0.2) is 0 Å². The van der Waals surface area contributed by atoms with Crippen molar-refractivity contribution in [2.45, 2.75) is 13.3 Å². The third kappa shape index (κ3) is 3.92. The molecule has 0 aromatic carbocycles. The molecule has 0 aromatic rings. The molecule has 0 radical (unpaired) electrons. The highest BCUT2D eigenvalue weighted by molar-refractivity contribution is 5.82. The van der Waals surface area contributed by atoms with E-state index in [9.17, 15) is 9.59 Å². The van der Waals surface area contributed by atoms with E-state index in [2.05, 4.69) is 0 Å². The lowest BCUT2D eigenvalue weighted by molar-refractivity contribution is -0.143. The number of amides is 1. The molecular formula is C7H14N2O3. The molecule has 0 saturated heterocycles. The lowest BCUT2D eigenvalue weighted by Gasteiger charge is -2.18. The number of nitrogens with two attached hydrogens (primary N) is 1. The van der Waals surface area contributed by atoms with E-state index in [0.717, 1.165) is 6.42 Å². The van der Waals surface area contributed by atoms with Crippen molar-refractivity contribution in [2.75, 3.05) is 19.6 Å². The molecule has 70 valence electrons. The second kappa shape index (κ2) is 5.54. The average molecular weight is 174 g/mol. The molecule has 3 N–H and O–H groups in total. The predicted octanol–water partition coefficient (Wildman–Crippen LogP) is -0.732. The van der Waals surface area contributed by atoms with E-state index < -0.39 is 5.97 Å². The smallest absolute Gasteiger partial charge is 0.323 e. The third-order valence-electron chi connectivity index (χ3n) is 1.35. The van der Waals surface area contributed by atoms with E-state index in [0.29, 0.717) is 6.54 Å². The Morgan fingerprint density at radius 2 is 2.08 bits per heavy atom. The van der Waals surface area contributed by atoms with Gasteiger partial charge in [0, 0.05) is 6.54 Å². The Morgan fingerprint density at radius 1 is 1.50 bits per heavy atom. The highest BCUT2D eigenvalue weighted by Crippen LogP contribution is 1.91. The van der Waals surface area contributed by atoms with Crippen LogP contribution in [0.25, 0.3) is 0 Å². The van der Waals surface area contributed by atoms with E-state index in [-0.39, 0.29) is 19.0 Å². The van der Waals surface area contributed by atoms with Crippen LogP contribution in [0.5, 0.6) is 0 Å². The van der Waals surface area contributed by atoms with Gasteiger partial charge in [-0.1, -0.05) is 6.92 Å². The van der Waals surface area contributed by atoms with Crippen molar-refractivity contribution in [3.05, 3.63) is 0 Å². The number of carbonyl (C=O) groups excluding carboxylic acids is 1. The first kappa shape index (κ1) is 10.9. The zero-order valence-electron chi connectivity index (χ0n) is 7.12. The highest BCUT2D eigenvalue weighted by Gasteiger charge is 2.13. The molecule has 0 heterocycles. The Kier molecular flexibility index (Phi) is 5.03. The summed E-state index contributed by atoms with van der Waals surface area (Å²) in [5.74, 6) is -1.33.